The van der Waals surface area contributed by atoms with Gasteiger partial charge in [-0.2, -0.15) is 0 Å². The van der Waals surface area contributed by atoms with E-state index in [9.17, 15) is 34.8 Å². The summed E-state index contributed by atoms with van der Waals surface area (Å²) in [5.41, 5.74) is 7.84. The average Bonchev–Trinajstić information content (AvgIpc) is 2.72. The highest BCUT2D eigenvalue weighted by Gasteiger charge is 2.63. The van der Waals surface area contributed by atoms with E-state index in [2.05, 4.69) is 0 Å². The smallest absolute Gasteiger partial charge is 0.255 e. The van der Waals surface area contributed by atoms with E-state index in [0.717, 1.165) is 0 Å². The molecule has 0 saturated carbocycles. The minimum absolute atomic E-state index is 0.0204. The van der Waals surface area contributed by atoms with Crippen LogP contribution in [0, 0.1) is 17.2 Å². The van der Waals surface area contributed by atoms with Crippen LogP contribution in [-0.4, -0.2) is 74.2 Å². The van der Waals surface area contributed by atoms with Crippen molar-refractivity contribution in [2.75, 3.05) is 19.8 Å². The zero-order valence-electron chi connectivity index (χ0n) is 18.8. The molecule has 0 spiro atoms. The van der Waals surface area contributed by atoms with Crippen LogP contribution in [0.4, 0.5) is 5.69 Å². The van der Waals surface area contributed by atoms with Crippen LogP contribution in [0.3, 0.4) is 0 Å². The van der Waals surface area contributed by atoms with E-state index in [1.807, 2.05) is 0 Å². The Bertz CT molecular complexity index is 1260. The molecule has 9 N–H and O–H groups in total. The maximum atomic E-state index is 13.5. The molecule has 0 radical (unpaired) electrons. The molecule has 4 atom stereocenters. The van der Waals surface area contributed by atoms with Crippen molar-refractivity contribution >= 4 is 28.9 Å². The lowest BCUT2D eigenvalue weighted by Crippen LogP contribution is -2.63. The number of phenolic OH excluding ortho intramolecular Hbond substituents is 1. The molecule has 0 aliphatic heterocycles. The summed E-state index contributed by atoms with van der Waals surface area (Å²) in [5, 5.41) is 52.1. The van der Waals surface area contributed by atoms with Crippen molar-refractivity contribution in [1.29, 1.82) is 5.41 Å². The maximum absolute atomic E-state index is 13.5. The number of nitrogens with zero attached hydrogens (tertiary/aromatic N) is 1. The Morgan fingerprint density at radius 3 is 2.38 bits per heavy atom. The van der Waals surface area contributed by atoms with Crippen molar-refractivity contribution in [2.24, 2.45) is 17.6 Å². The largest absolute Gasteiger partial charge is 0.510 e. The number of phenols is 1. The van der Waals surface area contributed by atoms with Crippen LogP contribution in [-0.2, 0) is 16.0 Å². The first-order valence-corrected chi connectivity index (χ1v) is 10.6. The lowest BCUT2D eigenvalue weighted by molar-refractivity contribution is -0.148. The Morgan fingerprint density at radius 2 is 1.85 bits per heavy atom. The highest BCUT2D eigenvalue weighted by molar-refractivity contribution is 6.25. The molecular formula is C23H26N4O7. The molecule has 180 valence electrons. The van der Waals surface area contributed by atoms with Crippen LogP contribution in [0.25, 0.3) is 0 Å². The van der Waals surface area contributed by atoms with Crippen LogP contribution >= 0.6 is 0 Å². The first kappa shape index (κ1) is 23.5. The fraction of sp³-hybridized carbons (Fsp3) is 0.391. The fourth-order valence-electron chi connectivity index (χ4n) is 5.67. The lowest BCUT2D eigenvalue weighted by Gasteiger charge is -2.50. The summed E-state index contributed by atoms with van der Waals surface area (Å²) in [6, 6.07) is 0.340. The predicted octanol–water partition coefficient (Wildman–Crippen LogP) is 0.0906. The molecule has 4 rings (SSSR count). The Hall–Kier alpha value is -3.70. The number of aromatic hydroxyl groups is 1. The van der Waals surface area contributed by atoms with Crippen molar-refractivity contribution in [3.63, 3.8) is 0 Å². The van der Waals surface area contributed by atoms with Gasteiger partial charge in [0.2, 0.25) is 5.78 Å². The second-order valence-corrected chi connectivity index (χ2v) is 9.30. The second-order valence-electron chi connectivity index (χ2n) is 9.30. The van der Waals surface area contributed by atoms with Crippen molar-refractivity contribution in [2.45, 2.75) is 31.4 Å². The number of carbonyl (C=O) groups excluding carboxylic acids is 3. The molecule has 0 fully saturated rings. The summed E-state index contributed by atoms with van der Waals surface area (Å²) >= 11 is 0. The quantitative estimate of drug-likeness (QED) is 0.138. The minimum Gasteiger partial charge on any atom is -0.510 e. The van der Waals surface area contributed by atoms with Gasteiger partial charge < -0.3 is 37.3 Å². The van der Waals surface area contributed by atoms with Gasteiger partial charge in [-0.25, -0.2) is 0 Å². The number of hydrogen-bond acceptors (Lipinski definition) is 10. The van der Waals surface area contributed by atoms with Gasteiger partial charge in [0.15, 0.2) is 11.4 Å². The molecule has 3 aliphatic carbocycles. The molecular weight excluding hydrogens is 444 g/mol. The van der Waals surface area contributed by atoms with Crippen LogP contribution in [0.15, 0.2) is 28.7 Å². The Morgan fingerprint density at radius 1 is 1.24 bits per heavy atom. The van der Waals surface area contributed by atoms with Gasteiger partial charge in [-0.1, -0.05) is 0 Å². The number of nitrogens with two attached hydrogens (primary N) is 2. The van der Waals surface area contributed by atoms with Crippen molar-refractivity contribution in [1.82, 2.24) is 4.90 Å². The zero-order chi connectivity index (χ0) is 25.4. The number of anilines is 1. The molecule has 11 nitrogen and oxygen atoms in total. The van der Waals surface area contributed by atoms with E-state index in [4.69, 9.17) is 16.9 Å². The maximum Gasteiger partial charge on any atom is 0.255 e. The summed E-state index contributed by atoms with van der Waals surface area (Å²) in [6.45, 7) is 1.51. The van der Waals surface area contributed by atoms with Crippen LogP contribution in [0.2, 0.25) is 0 Å². The Balaban J connectivity index is 2.00. The van der Waals surface area contributed by atoms with Crippen LogP contribution < -0.4 is 11.5 Å². The van der Waals surface area contributed by atoms with E-state index in [1.165, 1.54) is 17.9 Å². The molecule has 0 heterocycles. The molecule has 1 aromatic carbocycles. The molecule has 0 aromatic heterocycles. The van der Waals surface area contributed by atoms with Gasteiger partial charge in [-0.3, -0.25) is 19.3 Å². The van der Waals surface area contributed by atoms with Gasteiger partial charge in [0.1, 0.15) is 22.8 Å². The SMILES string of the molecule is CC(=N)c1cc(N)c(O)c2c1C[C@H]1C[C@H]3[C@H](N(C)C)C(O)=C(C(N)=O)C(=O)[C@@]3(O)C(O)=C1C2=O. The molecule has 3 aliphatic rings. The first-order chi connectivity index (χ1) is 15.7. The van der Waals surface area contributed by atoms with Crippen LogP contribution in [0.5, 0.6) is 5.75 Å². The monoisotopic (exact) mass is 470 g/mol. The van der Waals surface area contributed by atoms with E-state index in [-0.39, 0.29) is 35.4 Å². The molecule has 0 saturated heterocycles. The predicted molar refractivity (Wildman–Crippen MR) is 121 cm³/mol. The van der Waals surface area contributed by atoms with Gasteiger partial charge in [0, 0.05) is 22.8 Å². The molecule has 1 aromatic rings. The second kappa shape index (κ2) is 7.40. The summed E-state index contributed by atoms with van der Waals surface area (Å²) in [5.74, 6) is -7.31. The minimum atomic E-state index is -2.69. The number of benzene rings is 1. The topological polar surface area (TPSA) is 211 Å². The van der Waals surface area contributed by atoms with Gasteiger partial charge in [-0.15, -0.1) is 0 Å². The number of allylic oxidation sites excluding steroid dienone is 1. The lowest BCUT2D eigenvalue weighted by atomic mass is 9.58. The molecule has 0 bridgehead atoms. The third-order valence-corrected chi connectivity index (χ3v) is 7.16. The van der Waals surface area contributed by atoms with E-state index < -0.39 is 63.8 Å². The van der Waals surface area contributed by atoms with Crippen molar-refractivity contribution < 1.29 is 34.8 Å². The number of aliphatic hydroxyl groups excluding tert-OH is 2. The number of likely N-dealkylation sites (N-methyl/N-ethyl adjacent to an activating group) is 1. The average molecular weight is 470 g/mol. The number of ketones is 2. The molecule has 0 unspecified atom stereocenters. The van der Waals surface area contributed by atoms with Gasteiger partial charge in [0.05, 0.1) is 17.3 Å². The summed E-state index contributed by atoms with van der Waals surface area (Å²) < 4.78 is 0. The van der Waals surface area contributed by atoms with Crippen molar-refractivity contribution in [3.8, 4) is 5.75 Å². The van der Waals surface area contributed by atoms with Gasteiger partial charge in [-0.05, 0) is 51.4 Å². The first-order valence-electron chi connectivity index (χ1n) is 10.6. The van der Waals surface area contributed by atoms with Gasteiger partial charge >= 0.3 is 0 Å². The number of nitrogen functional groups attached to an aromatic ring is 1. The summed E-state index contributed by atoms with van der Waals surface area (Å²) in [6.07, 6.45) is 0.0846. The number of rotatable bonds is 3. The van der Waals surface area contributed by atoms with E-state index in [1.54, 1.807) is 14.1 Å². The number of primary amides is 1. The Kier molecular flexibility index (Phi) is 5.11. The molecule has 1 amide bonds. The molecule has 11 heteroatoms. The van der Waals surface area contributed by atoms with Gasteiger partial charge in [0.25, 0.3) is 5.91 Å². The highest BCUT2D eigenvalue weighted by Crippen LogP contribution is 2.52. The number of amides is 1. The normalized spacial score (nSPS) is 28.6. The van der Waals surface area contributed by atoms with E-state index >= 15 is 0 Å². The number of Topliss-reactive ketones (excluding diaryl/α,β-unsaturated/α-hetero) is 2. The number of carbonyl (C=O) groups is 3. The zero-order valence-corrected chi connectivity index (χ0v) is 18.8. The number of aliphatic hydroxyl groups is 3. The third kappa shape index (κ3) is 2.83. The number of nitrogens with one attached hydrogen (secondary N) is 1. The van der Waals surface area contributed by atoms with E-state index in [0.29, 0.717) is 11.1 Å². The highest BCUT2D eigenvalue weighted by atomic mass is 16.3. The van der Waals surface area contributed by atoms with Crippen LogP contribution in [0.1, 0.15) is 34.8 Å². The standard InChI is InChI=1S/C23H26N4O7/c1-7(24)9-6-12(25)17(28)14-10(9)4-8-5-11-16(27(2)3)19(30)15(22(26)33)21(32)23(11,34)20(31)13(8)18(14)29/h6,8,11,16,24,28,30-31,34H,4-5,25H2,1-3H3,(H2,26,33)/t8-,11-,16-,23-/m0/s1. The summed E-state index contributed by atoms with van der Waals surface area (Å²) in [4.78, 5) is 40.2. The fourth-order valence-corrected chi connectivity index (χ4v) is 5.67. The van der Waals surface area contributed by atoms with Crippen molar-refractivity contribution in [3.05, 3.63) is 45.4 Å². The third-order valence-electron chi connectivity index (χ3n) is 7.16. The number of hydrogen-bond donors (Lipinski definition) is 7. The summed E-state index contributed by atoms with van der Waals surface area (Å²) in [7, 11) is 3.12. The number of fused-ring (bicyclic) bond motifs is 3. The molecule has 34 heavy (non-hydrogen) atoms. The Labute approximate surface area is 194 Å².